The maximum absolute atomic E-state index is 13.5. The molecular weight excluding hydrogens is 371 g/mol. The van der Waals surface area contributed by atoms with E-state index in [4.69, 9.17) is 4.74 Å². The predicted octanol–water partition coefficient (Wildman–Crippen LogP) is 7.36. The van der Waals surface area contributed by atoms with E-state index in [-0.39, 0.29) is 5.82 Å². The van der Waals surface area contributed by atoms with Crippen molar-refractivity contribution >= 4 is 0 Å². The van der Waals surface area contributed by atoms with E-state index in [2.05, 4.69) is 13.0 Å². The second-order valence-corrected chi connectivity index (χ2v) is 11.1. The van der Waals surface area contributed by atoms with Gasteiger partial charge in [-0.15, -0.1) is 0 Å². The van der Waals surface area contributed by atoms with Crippen molar-refractivity contribution in [3.63, 3.8) is 0 Å². The van der Waals surface area contributed by atoms with Crippen molar-refractivity contribution in [1.82, 2.24) is 0 Å². The van der Waals surface area contributed by atoms with E-state index in [9.17, 15) is 4.39 Å². The van der Waals surface area contributed by atoms with Crippen LogP contribution in [0.5, 0.6) is 0 Å². The maximum atomic E-state index is 13.5. The summed E-state index contributed by atoms with van der Waals surface area (Å²) >= 11 is 0. The first-order valence-electron chi connectivity index (χ1n) is 13.1. The molecule has 3 saturated carbocycles. The van der Waals surface area contributed by atoms with Crippen molar-refractivity contribution in [1.29, 1.82) is 0 Å². The van der Waals surface area contributed by atoms with E-state index in [0.717, 1.165) is 48.5 Å². The largest absolute Gasteiger partial charge is 0.378 e. The number of halogens is 1. The Bertz CT molecular complexity index is 707. The number of hydrogen-bond donors (Lipinski definition) is 0. The van der Waals surface area contributed by atoms with Crippen molar-refractivity contribution < 1.29 is 9.13 Å². The van der Waals surface area contributed by atoms with Crippen molar-refractivity contribution in [3.05, 3.63) is 35.1 Å². The van der Waals surface area contributed by atoms with Crippen LogP contribution in [-0.4, -0.2) is 12.7 Å². The van der Waals surface area contributed by atoms with Crippen LogP contribution in [0.15, 0.2) is 18.2 Å². The fraction of sp³-hybridized carbons (Fsp3) is 0.786. The van der Waals surface area contributed by atoms with Crippen molar-refractivity contribution in [2.75, 3.05) is 6.61 Å². The molecule has 1 aromatic rings. The Hall–Kier alpha value is -0.890. The van der Waals surface area contributed by atoms with Crippen LogP contribution in [0.1, 0.15) is 88.7 Å². The van der Waals surface area contributed by atoms with Gasteiger partial charge >= 0.3 is 0 Å². The lowest BCUT2D eigenvalue weighted by molar-refractivity contribution is -0.0216. The molecule has 0 aromatic heterocycles. The van der Waals surface area contributed by atoms with Gasteiger partial charge in [0.05, 0.1) is 6.10 Å². The normalized spacial score (nSPS) is 39.2. The van der Waals surface area contributed by atoms with Gasteiger partial charge in [-0.05, 0) is 149 Å². The van der Waals surface area contributed by atoms with Gasteiger partial charge in [0.25, 0.3) is 0 Å². The Morgan fingerprint density at radius 1 is 0.733 bits per heavy atom. The first-order chi connectivity index (χ1) is 14.7. The van der Waals surface area contributed by atoms with Crippen LogP contribution in [0, 0.1) is 41.3 Å². The fourth-order valence-electron chi connectivity index (χ4n) is 7.94. The van der Waals surface area contributed by atoms with E-state index in [0.29, 0.717) is 6.10 Å². The summed E-state index contributed by atoms with van der Waals surface area (Å²) in [5, 5.41) is 0. The zero-order valence-corrected chi connectivity index (χ0v) is 19.0. The van der Waals surface area contributed by atoms with Gasteiger partial charge in [0, 0.05) is 6.61 Å². The highest BCUT2D eigenvalue weighted by molar-refractivity contribution is 5.30. The van der Waals surface area contributed by atoms with E-state index in [1.54, 1.807) is 12.1 Å². The van der Waals surface area contributed by atoms with Gasteiger partial charge in [0.15, 0.2) is 0 Å². The minimum absolute atomic E-state index is 0.0613. The summed E-state index contributed by atoms with van der Waals surface area (Å²) in [5.74, 6) is 5.64. The highest BCUT2D eigenvalue weighted by atomic mass is 19.1. The summed E-state index contributed by atoms with van der Waals surface area (Å²) in [6, 6.07) is 5.50. The highest BCUT2D eigenvalue weighted by Crippen LogP contribution is 2.49. The SMILES string of the molecule is CCOC1CCC2CC(C3CCC(C4CCc5cc(F)ccc5C4)CC3)CCC2C1. The summed E-state index contributed by atoms with van der Waals surface area (Å²) in [6.07, 6.45) is 18.5. The molecule has 3 fully saturated rings. The molecule has 5 unspecified atom stereocenters. The minimum atomic E-state index is -0.0613. The summed E-state index contributed by atoms with van der Waals surface area (Å²) in [5.41, 5.74) is 2.70. The molecule has 166 valence electrons. The van der Waals surface area contributed by atoms with E-state index >= 15 is 0 Å². The Balaban J connectivity index is 1.11. The second-order valence-electron chi connectivity index (χ2n) is 11.1. The molecule has 4 aliphatic carbocycles. The first kappa shape index (κ1) is 21.0. The third-order valence-corrected chi connectivity index (χ3v) is 9.59. The summed E-state index contributed by atoms with van der Waals surface area (Å²) in [6.45, 7) is 3.03. The number of rotatable bonds is 4. The zero-order valence-electron chi connectivity index (χ0n) is 19.0. The molecule has 30 heavy (non-hydrogen) atoms. The van der Waals surface area contributed by atoms with Crippen molar-refractivity contribution in [2.45, 2.75) is 96.5 Å². The van der Waals surface area contributed by atoms with Crippen LogP contribution in [0.25, 0.3) is 0 Å². The van der Waals surface area contributed by atoms with Gasteiger partial charge in [-0.3, -0.25) is 0 Å². The molecular formula is C28H41FO. The van der Waals surface area contributed by atoms with E-state index in [1.165, 1.54) is 88.2 Å². The van der Waals surface area contributed by atoms with Gasteiger partial charge in [0.2, 0.25) is 0 Å². The Morgan fingerprint density at radius 2 is 1.37 bits per heavy atom. The lowest BCUT2D eigenvalue weighted by Gasteiger charge is -2.46. The Kier molecular flexibility index (Phi) is 6.51. The molecule has 0 bridgehead atoms. The molecule has 1 nitrogen and oxygen atoms in total. The topological polar surface area (TPSA) is 9.23 Å². The van der Waals surface area contributed by atoms with Crippen LogP contribution in [0.4, 0.5) is 4.39 Å². The molecule has 5 atom stereocenters. The first-order valence-corrected chi connectivity index (χ1v) is 13.1. The summed E-state index contributed by atoms with van der Waals surface area (Å²) in [7, 11) is 0. The van der Waals surface area contributed by atoms with E-state index < -0.39 is 0 Å². The standard InChI is InChI=1S/C28H41FO/c1-2-30-28-14-12-24-16-22(8-10-26(24)18-28)20-5-3-19(4-6-20)21-7-9-25-17-27(29)13-11-23(25)15-21/h11,13,17,19-22,24,26,28H,2-10,12,14-16,18H2,1H3. The maximum Gasteiger partial charge on any atom is 0.123 e. The average Bonchev–Trinajstić information content (AvgIpc) is 2.79. The van der Waals surface area contributed by atoms with Crippen molar-refractivity contribution in [2.24, 2.45) is 35.5 Å². The number of ether oxygens (including phenoxy) is 1. The molecule has 1 aromatic carbocycles. The van der Waals surface area contributed by atoms with Gasteiger partial charge in [-0.1, -0.05) is 6.07 Å². The minimum Gasteiger partial charge on any atom is -0.378 e. The van der Waals surface area contributed by atoms with Crippen molar-refractivity contribution in [3.8, 4) is 0 Å². The molecule has 0 N–H and O–H groups in total. The monoisotopic (exact) mass is 412 g/mol. The van der Waals surface area contributed by atoms with Gasteiger partial charge in [-0.2, -0.15) is 0 Å². The highest BCUT2D eigenvalue weighted by Gasteiger charge is 2.39. The Morgan fingerprint density at radius 3 is 2.13 bits per heavy atom. The number of benzene rings is 1. The third-order valence-electron chi connectivity index (χ3n) is 9.59. The van der Waals surface area contributed by atoms with E-state index in [1.807, 2.05) is 0 Å². The quantitative estimate of drug-likeness (QED) is 0.502. The van der Waals surface area contributed by atoms with Crippen LogP contribution < -0.4 is 0 Å². The predicted molar refractivity (Wildman–Crippen MR) is 121 cm³/mol. The lowest BCUT2D eigenvalue weighted by Crippen LogP contribution is -2.37. The second kappa shape index (κ2) is 9.31. The van der Waals surface area contributed by atoms with Crippen LogP contribution in [-0.2, 0) is 17.6 Å². The third kappa shape index (κ3) is 4.50. The van der Waals surface area contributed by atoms with Gasteiger partial charge < -0.3 is 4.74 Å². The van der Waals surface area contributed by atoms with Gasteiger partial charge in [-0.25, -0.2) is 4.39 Å². The zero-order chi connectivity index (χ0) is 20.5. The molecule has 0 radical (unpaired) electrons. The van der Waals surface area contributed by atoms with Crippen LogP contribution >= 0.6 is 0 Å². The summed E-state index contributed by atoms with van der Waals surface area (Å²) < 4.78 is 19.5. The number of hydrogen-bond acceptors (Lipinski definition) is 1. The molecule has 2 heteroatoms. The number of fused-ring (bicyclic) bond motifs is 2. The molecule has 0 heterocycles. The molecule has 0 aliphatic heterocycles. The molecule has 0 saturated heterocycles. The summed E-state index contributed by atoms with van der Waals surface area (Å²) in [4.78, 5) is 0. The van der Waals surface area contributed by atoms with Gasteiger partial charge in [0.1, 0.15) is 5.82 Å². The number of aryl methyl sites for hydroxylation is 1. The smallest absolute Gasteiger partial charge is 0.123 e. The van der Waals surface area contributed by atoms with Crippen LogP contribution in [0.3, 0.4) is 0 Å². The lowest BCUT2D eigenvalue weighted by atomic mass is 9.61. The molecule has 0 amide bonds. The molecule has 0 spiro atoms. The fourth-order valence-corrected chi connectivity index (χ4v) is 7.94. The Labute approximate surface area is 183 Å². The van der Waals surface area contributed by atoms with Crippen LogP contribution in [0.2, 0.25) is 0 Å². The average molecular weight is 413 g/mol. The molecule has 5 rings (SSSR count). The molecule has 4 aliphatic rings.